The number of rotatable bonds is 5. The van der Waals surface area contributed by atoms with Gasteiger partial charge in [-0.15, -0.1) is 0 Å². The van der Waals surface area contributed by atoms with Gasteiger partial charge in [-0.05, 0) is 65.5 Å². The molecular weight excluding hydrogens is 448 g/mol. The second-order valence-electron chi connectivity index (χ2n) is 7.76. The zero-order valence-corrected chi connectivity index (χ0v) is 18.1. The monoisotopic (exact) mass is 464 g/mol. The molecule has 0 amide bonds. The van der Waals surface area contributed by atoms with E-state index in [9.17, 15) is 19.6 Å². The van der Waals surface area contributed by atoms with Gasteiger partial charge < -0.3 is 9.84 Å². The van der Waals surface area contributed by atoms with E-state index in [0.717, 1.165) is 0 Å². The number of carbonyl (C=O) groups is 1. The van der Waals surface area contributed by atoms with Gasteiger partial charge in [0.1, 0.15) is 12.4 Å². The Morgan fingerprint density at radius 2 is 1.86 bits per heavy atom. The molecule has 0 fully saturated rings. The summed E-state index contributed by atoms with van der Waals surface area (Å²) in [7, 11) is 0. The van der Waals surface area contributed by atoms with E-state index in [-0.39, 0.29) is 23.6 Å². The van der Waals surface area contributed by atoms with Gasteiger partial charge in [-0.2, -0.15) is 10.2 Å². The maximum Gasteiger partial charge on any atom is 0.349 e. The lowest BCUT2D eigenvalue weighted by atomic mass is 10.1. The fraction of sp³-hybridized carbons (Fsp3) is 0.0385. The highest BCUT2D eigenvalue weighted by Crippen LogP contribution is 2.29. The zero-order valence-electron chi connectivity index (χ0n) is 18.1. The van der Waals surface area contributed by atoms with Crippen LogP contribution in [-0.4, -0.2) is 25.6 Å². The highest BCUT2D eigenvalue weighted by Gasteiger charge is 2.18. The molecule has 2 aliphatic heterocycles. The van der Waals surface area contributed by atoms with Crippen molar-refractivity contribution in [2.75, 3.05) is 0 Å². The van der Waals surface area contributed by atoms with Crippen LogP contribution in [0.25, 0.3) is 28.0 Å². The van der Waals surface area contributed by atoms with Crippen LogP contribution < -0.4 is 16.0 Å². The molecular formula is C26H16N4O5. The number of aromatic carboxylic acids is 1. The first kappa shape index (κ1) is 21.6. The SMILES string of the molecule is N#Cc1ccc2cc3c(=O)[nH]c(=O)nc-3n(-c3ccc(OCc4cccc(C(=O)O)c4)cc3)c2c1. The molecule has 0 aromatic heterocycles. The number of benzene rings is 3. The Morgan fingerprint density at radius 3 is 2.60 bits per heavy atom. The normalized spacial score (nSPS) is 10.8. The molecule has 0 atom stereocenters. The van der Waals surface area contributed by atoms with Crippen LogP contribution in [0.15, 0.2) is 82.4 Å². The summed E-state index contributed by atoms with van der Waals surface area (Å²) < 4.78 is 7.46. The Hall–Kier alpha value is -5.23. The van der Waals surface area contributed by atoms with Crippen molar-refractivity contribution in [3.8, 4) is 28.9 Å². The molecule has 2 N–H and O–H groups in total. The second kappa shape index (κ2) is 8.61. The van der Waals surface area contributed by atoms with E-state index in [0.29, 0.717) is 33.5 Å². The number of aromatic nitrogens is 3. The van der Waals surface area contributed by atoms with Crippen LogP contribution in [0.3, 0.4) is 0 Å². The summed E-state index contributed by atoms with van der Waals surface area (Å²) in [6, 6.07) is 22.2. The van der Waals surface area contributed by atoms with Crippen LogP contribution in [0.4, 0.5) is 0 Å². The van der Waals surface area contributed by atoms with E-state index >= 15 is 0 Å². The third-order valence-corrected chi connectivity index (χ3v) is 5.50. The quantitative estimate of drug-likeness (QED) is 0.381. The van der Waals surface area contributed by atoms with E-state index in [1.54, 1.807) is 71.3 Å². The molecule has 0 bridgehead atoms. The first-order valence-corrected chi connectivity index (χ1v) is 10.5. The molecule has 0 radical (unpaired) electrons. The van der Waals surface area contributed by atoms with Gasteiger partial charge in [-0.3, -0.25) is 14.3 Å². The molecule has 0 saturated carbocycles. The van der Waals surface area contributed by atoms with Crippen molar-refractivity contribution in [2.24, 2.45) is 0 Å². The van der Waals surface area contributed by atoms with Crippen LogP contribution >= 0.6 is 0 Å². The number of nitriles is 1. The molecule has 9 nitrogen and oxygen atoms in total. The number of nitrogens with zero attached hydrogens (tertiary/aromatic N) is 3. The van der Waals surface area contributed by atoms with Gasteiger partial charge in [0.25, 0.3) is 5.56 Å². The number of nitrogens with one attached hydrogen (secondary N) is 1. The van der Waals surface area contributed by atoms with Crippen molar-refractivity contribution in [2.45, 2.75) is 6.61 Å². The second-order valence-corrected chi connectivity index (χ2v) is 7.76. The van der Waals surface area contributed by atoms with Gasteiger partial charge in [0.05, 0.1) is 28.3 Å². The summed E-state index contributed by atoms with van der Waals surface area (Å²) in [5.74, 6) is -0.308. The van der Waals surface area contributed by atoms with Crippen LogP contribution in [0.1, 0.15) is 21.5 Å². The van der Waals surface area contributed by atoms with Crippen molar-refractivity contribution in [1.82, 2.24) is 14.5 Å². The Balaban J connectivity index is 1.56. The molecule has 3 aromatic rings. The van der Waals surface area contributed by atoms with E-state index in [1.807, 2.05) is 0 Å². The fourth-order valence-corrected chi connectivity index (χ4v) is 3.86. The van der Waals surface area contributed by atoms with Gasteiger partial charge in [0, 0.05) is 5.69 Å². The average Bonchev–Trinajstić information content (AvgIpc) is 2.86. The number of pyridine rings is 1. The van der Waals surface area contributed by atoms with E-state index in [2.05, 4.69) is 16.0 Å². The van der Waals surface area contributed by atoms with Crippen molar-refractivity contribution in [1.29, 1.82) is 5.26 Å². The van der Waals surface area contributed by atoms with Crippen LogP contribution in [0, 0.1) is 11.3 Å². The van der Waals surface area contributed by atoms with Crippen LogP contribution in [0.2, 0.25) is 0 Å². The number of aromatic amines is 1. The molecule has 35 heavy (non-hydrogen) atoms. The standard InChI is InChI=1S/C26H16N4O5/c27-13-15-4-5-17-12-21-23(28-26(34)29-24(21)31)30(22(17)11-15)19-6-8-20(9-7-19)35-14-16-2-1-3-18(10-16)25(32)33/h1-12H,14H2,(H,32,33)(H,29,31,34). The maximum absolute atomic E-state index is 12.5. The predicted molar refractivity (Wildman–Crippen MR) is 127 cm³/mol. The van der Waals surface area contributed by atoms with Crippen LogP contribution in [0.5, 0.6) is 5.75 Å². The van der Waals surface area contributed by atoms with E-state index < -0.39 is 17.2 Å². The number of fused-ring (bicyclic) bond motifs is 2. The topological polar surface area (TPSA) is 138 Å². The van der Waals surface area contributed by atoms with Crippen molar-refractivity contribution < 1.29 is 14.6 Å². The lowest BCUT2D eigenvalue weighted by Crippen LogP contribution is -2.27. The number of ether oxygens (including phenoxy) is 1. The Morgan fingerprint density at radius 1 is 1.06 bits per heavy atom. The maximum atomic E-state index is 12.5. The molecule has 2 heterocycles. The Labute approximate surface area is 197 Å². The van der Waals surface area contributed by atoms with Gasteiger partial charge in [-0.25, -0.2) is 9.59 Å². The number of carboxylic acid groups (broad SMARTS) is 1. The first-order chi connectivity index (χ1) is 16.9. The lowest BCUT2D eigenvalue weighted by molar-refractivity contribution is 0.0696. The minimum Gasteiger partial charge on any atom is -0.489 e. The van der Waals surface area contributed by atoms with Crippen LogP contribution in [-0.2, 0) is 6.61 Å². The minimum absolute atomic E-state index is 0.167. The number of carboxylic acids is 1. The molecule has 170 valence electrons. The fourth-order valence-electron chi connectivity index (χ4n) is 3.86. The number of hydrogen-bond acceptors (Lipinski definition) is 6. The molecule has 5 rings (SSSR count). The highest BCUT2D eigenvalue weighted by atomic mass is 16.5. The summed E-state index contributed by atoms with van der Waals surface area (Å²) in [5.41, 5.74) is 1.43. The highest BCUT2D eigenvalue weighted by molar-refractivity contribution is 5.88. The number of hydrogen-bond donors (Lipinski definition) is 2. The molecule has 2 aliphatic rings. The van der Waals surface area contributed by atoms with E-state index in [1.165, 1.54) is 6.07 Å². The largest absolute Gasteiger partial charge is 0.489 e. The third kappa shape index (κ3) is 4.12. The van der Waals surface area contributed by atoms with Gasteiger partial charge in [-0.1, -0.05) is 18.2 Å². The third-order valence-electron chi connectivity index (χ3n) is 5.50. The van der Waals surface area contributed by atoms with Crippen molar-refractivity contribution in [3.05, 3.63) is 110 Å². The van der Waals surface area contributed by atoms with Gasteiger partial charge >= 0.3 is 11.7 Å². The van der Waals surface area contributed by atoms with Gasteiger partial charge in [0.15, 0.2) is 5.82 Å². The Bertz CT molecular complexity index is 1730. The summed E-state index contributed by atoms with van der Waals surface area (Å²) in [6.07, 6.45) is 0. The summed E-state index contributed by atoms with van der Waals surface area (Å²) in [5, 5.41) is 19.2. The van der Waals surface area contributed by atoms with Crippen molar-refractivity contribution in [3.63, 3.8) is 0 Å². The number of H-pyrrole nitrogens is 1. The average molecular weight is 464 g/mol. The lowest BCUT2D eigenvalue weighted by Gasteiger charge is -2.18. The molecule has 0 aliphatic carbocycles. The van der Waals surface area contributed by atoms with E-state index in [4.69, 9.17) is 9.84 Å². The zero-order chi connectivity index (χ0) is 24.5. The minimum atomic E-state index is -1.01. The van der Waals surface area contributed by atoms with Gasteiger partial charge in [0.2, 0.25) is 0 Å². The first-order valence-electron chi connectivity index (χ1n) is 10.5. The molecule has 0 saturated heterocycles. The Kier molecular flexibility index (Phi) is 5.31. The summed E-state index contributed by atoms with van der Waals surface area (Å²) in [4.78, 5) is 41.8. The van der Waals surface area contributed by atoms with Crippen molar-refractivity contribution >= 4 is 16.9 Å². The summed E-state index contributed by atoms with van der Waals surface area (Å²) >= 11 is 0. The molecule has 0 spiro atoms. The predicted octanol–water partition coefficient (Wildman–Crippen LogP) is 3.33. The molecule has 9 heteroatoms. The molecule has 0 unspecified atom stereocenters. The summed E-state index contributed by atoms with van der Waals surface area (Å²) in [6.45, 7) is 0.173. The molecule has 3 aromatic carbocycles. The smallest absolute Gasteiger partial charge is 0.349 e.